The van der Waals surface area contributed by atoms with Crippen LogP contribution in [0.15, 0.2) is 34.8 Å². The number of Topliss-reactive ketones (excluding diaryl/α,β-unsaturated/α-hetero) is 1. The van der Waals surface area contributed by atoms with Gasteiger partial charge in [0.1, 0.15) is 13.2 Å². The topological polar surface area (TPSA) is 83.1 Å². The molecule has 0 saturated carbocycles. The highest BCUT2D eigenvalue weighted by atomic mass is 79.9. The fourth-order valence-electron chi connectivity index (χ4n) is 2.92. The van der Waals surface area contributed by atoms with E-state index in [1.807, 2.05) is 19.1 Å². The second kappa shape index (κ2) is 9.17. The molecule has 0 radical (unpaired) electrons. The molecule has 154 valence electrons. The lowest BCUT2D eigenvalue weighted by Gasteiger charge is -2.22. The van der Waals surface area contributed by atoms with Crippen molar-refractivity contribution in [2.45, 2.75) is 19.9 Å². The Morgan fingerprint density at radius 1 is 1.14 bits per heavy atom. The monoisotopic (exact) mass is 463 g/mol. The number of ether oxygens (including phenoxy) is 4. The Hall–Kier alpha value is -2.74. The Morgan fingerprint density at radius 2 is 1.83 bits per heavy atom. The number of fused-ring (bicyclic) bond motifs is 1. The Bertz CT molecular complexity index is 930. The van der Waals surface area contributed by atoms with Gasteiger partial charge in [0.05, 0.1) is 13.2 Å². The van der Waals surface area contributed by atoms with Crippen molar-refractivity contribution in [1.82, 2.24) is 5.32 Å². The number of amides is 1. The molecule has 0 aromatic heterocycles. The highest BCUT2D eigenvalue weighted by molar-refractivity contribution is 9.10. The minimum absolute atomic E-state index is 0.0774. The zero-order chi connectivity index (χ0) is 21.0. The van der Waals surface area contributed by atoms with E-state index in [9.17, 15) is 9.59 Å². The average molecular weight is 464 g/mol. The maximum absolute atomic E-state index is 12.4. The number of carbonyl (C=O) groups excluding carboxylic acids is 2. The number of carbonyl (C=O) groups is 2. The molecule has 0 saturated heterocycles. The average Bonchev–Trinajstić information content (AvgIpc) is 2.71. The van der Waals surface area contributed by atoms with Gasteiger partial charge < -0.3 is 24.3 Å². The van der Waals surface area contributed by atoms with E-state index in [0.717, 1.165) is 10.0 Å². The maximum Gasteiger partial charge on any atom is 0.258 e. The summed E-state index contributed by atoms with van der Waals surface area (Å²) < 4.78 is 22.8. The van der Waals surface area contributed by atoms with E-state index in [0.29, 0.717) is 41.8 Å². The van der Waals surface area contributed by atoms with Gasteiger partial charge in [-0.2, -0.15) is 0 Å². The van der Waals surface area contributed by atoms with Gasteiger partial charge in [0.15, 0.2) is 35.4 Å². The highest BCUT2D eigenvalue weighted by Gasteiger charge is 2.19. The van der Waals surface area contributed by atoms with Gasteiger partial charge in [-0.1, -0.05) is 15.9 Å². The summed E-state index contributed by atoms with van der Waals surface area (Å²) in [5.41, 5.74) is 1.38. The molecule has 1 aliphatic rings. The van der Waals surface area contributed by atoms with Crippen molar-refractivity contribution in [3.8, 4) is 23.0 Å². The van der Waals surface area contributed by atoms with E-state index >= 15 is 0 Å². The molecule has 1 heterocycles. The van der Waals surface area contributed by atoms with Crippen LogP contribution in [0.3, 0.4) is 0 Å². The van der Waals surface area contributed by atoms with Crippen molar-refractivity contribution in [1.29, 1.82) is 0 Å². The van der Waals surface area contributed by atoms with Gasteiger partial charge >= 0.3 is 0 Å². The number of nitrogens with one attached hydrogen (secondary N) is 1. The first-order valence-corrected chi connectivity index (χ1v) is 9.88. The first kappa shape index (κ1) is 21.0. The standard InChI is InChI=1S/C21H22BrNO6/c1-12(15-9-19-20(10-16(15)22)28-7-6-27-19)23-21(25)11-29-17-5-4-14(13(2)24)8-18(17)26-3/h4-5,8-10,12H,6-7,11H2,1-3H3,(H,23,25). The van der Waals surface area contributed by atoms with Crippen LogP contribution >= 0.6 is 15.9 Å². The van der Waals surface area contributed by atoms with Crippen LogP contribution in [0.2, 0.25) is 0 Å². The number of halogens is 1. The Labute approximate surface area is 177 Å². The van der Waals surface area contributed by atoms with E-state index in [1.54, 1.807) is 18.2 Å². The summed E-state index contributed by atoms with van der Waals surface area (Å²) in [5, 5.41) is 2.90. The molecule has 1 N–H and O–H groups in total. The third-order valence-corrected chi connectivity index (χ3v) is 5.12. The molecule has 7 nitrogen and oxygen atoms in total. The normalized spacial score (nSPS) is 13.4. The first-order chi connectivity index (χ1) is 13.9. The third kappa shape index (κ3) is 5.00. The molecule has 1 atom stereocenters. The largest absolute Gasteiger partial charge is 0.493 e. The molecular weight excluding hydrogens is 442 g/mol. The van der Waals surface area contributed by atoms with Crippen LogP contribution in [0.4, 0.5) is 0 Å². The summed E-state index contributed by atoms with van der Waals surface area (Å²) in [6, 6.07) is 8.25. The molecule has 2 aromatic rings. The molecule has 0 bridgehead atoms. The van der Waals surface area contributed by atoms with Gasteiger partial charge in [0.25, 0.3) is 5.91 Å². The molecule has 1 amide bonds. The SMILES string of the molecule is COc1cc(C(C)=O)ccc1OCC(=O)NC(C)c1cc2c(cc1Br)OCCO2. The van der Waals surface area contributed by atoms with Crippen molar-refractivity contribution in [3.63, 3.8) is 0 Å². The minimum atomic E-state index is -0.294. The number of hydrogen-bond acceptors (Lipinski definition) is 6. The van der Waals surface area contributed by atoms with Gasteiger partial charge in [0, 0.05) is 10.0 Å². The van der Waals surface area contributed by atoms with E-state index < -0.39 is 0 Å². The van der Waals surface area contributed by atoms with Crippen LogP contribution in [0.5, 0.6) is 23.0 Å². The molecular formula is C21H22BrNO6. The van der Waals surface area contributed by atoms with Crippen molar-refractivity contribution in [2.75, 3.05) is 26.9 Å². The molecule has 3 rings (SSSR count). The molecule has 29 heavy (non-hydrogen) atoms. The highest BCUT2D eigenvalue weighted by Crippen LogP contribution is 2.37. The van der Waals surface area contributed by atoms with E-state index in [2.05, 4.69) is 21.2 Å². The van der Waals surface area contributed by atoms with E-state index in [1.165, 1.54) is 14.0 Å². The summed E-state index contributed by atoms with van der Waals surface area (Å²) in [5.74, 6) is 1.74. The fourth-order valence-corrected chi connectivity index (χ4v) is 3.59. The van der Waals surface area contributed by atoms with Gasteiger partial charge in [-0.25, -0.2) is 0 Å². The van der Waals surface area contributed by atoms with Crippen molar-refractivity contribution in [3.05, 3.63) is 45.9 Å². The van der Waals surface area contributed by atoms with Crippen molar-refractivity contribution in [2.24, 2.45) is 0 Å². The van der Waals surface area contributed by atoms with E-state index in [-0.39, 0.29) is 24.3 Å². The smallest absolute Gasteiger partial charge is 0.258 e. The van der Waals surface area contributed by atoms with Crippen LogP contribution in [-0.2, 0) is 4.79 Å². The van der Waals surface area contributed by atoms with E-state index in [4.69, 9.17) is 18.9 Å². The molecule has 2 aromatic carbocycles. The lowest BCUT2D eigenvalue weighted by atomic mass is 10.1. The summed E-state index contributed by atoms with van der Waals surface area (Å²) in [6.07, 6.45) is 0. The lowest BCUT2D eigenvalue weighted by molar-refractivity contribution is -0.123. The number of methoxy groups -OCH3 is 1. The number of benzene rings is 2. The first-order valence-electron chi connectivity index (χ1n) is 9.09. The molecule has 1 unspecified atom stereocenters. The summed E-state index contributed by atoms with van der Waals surface area (Å²) >= 11 is 3.52. The van der Waals surface area contributed by atoms with Crippen LogP contribution < -0.4 is 24.3 Å². The van der Waals surface area contributed by atoms with Crippen LogP contribution in [0.25, 0.3) is 0 Å². The quantitative estimate of drug-likeness (QED) is 0.630. The summed E-state index contributed by atoms with van der Waals surface area (Å²) in [6.45, 7) is 4.16. The molecule has 0 fully saturated rings. The van der Waals surface area contributed by atoms with Gasteiger partial charge in [-0.05, 0) is 49.7 Å². The van der Waals surface area contributed by atoms with Gasteiger partial charge in [-0.15, -0.1) is 0 Å². The van der Waals surface area contributed by atoms with Gasteiger partial charge in [-0.3, -0.25) is 9.59 Å². The predicted molar refractivity (Wildman–Crippen MR) is 110 cm³/mol. The second-order valence-corrected chi connectivity index (χ2v) is 7.37. The Morgan fingerprint density at radius 3 is 2.48 bits per heavy atom. The lowest BCUT2D eigenvalue weighted by Crippen LogP contribution is -2.31. The molecule has 0 spiro atoms. The minimum Gasteiger partial charge on any atom is -0.493 e. The Kier molecular flexibility index (Phi) is 6.64. The number of ketones is 1. The molecule has 1 aliphatic heterocycles. The zero-order valence-corrected chi connectivity index (χ0v) is 18.0. The summed E-state index contributed by atoms with van der Waals surface area (Å²) in [4.78, 5) is 23.9. The van der Waals surface area contributed by atoms with Crippen molar-refractivity contribution >= 4 is 27.6 Å². The second-order valence-electron chi connectivity index (χ2n) is 6.52. The maximum atomic E-state index is 12.4. The van der Waals surface area contributed by atoms with Crippen molar-refractivity contribution < 1.29 is 28.5 Å². The summed E-state index contributed by atoms with van der Waals surface area (Å²) in [7, 11) is 1.48. The Balaban J connectivity index is 1.63. The third-order valence-electron chi connectivity index (χ3n) is 4.43. The number of hydrogen-bond donors (Lipinski definition) is 1. The molecule has 0 aliphatic carbocycles. The zero-order valence-electron chi connectivity index (χ0n) is 16.4. The van der Waals surface area contributed by atoms with Crippen LogP contribution in [0.1, 0.15) is 35.8 Å². The van der Waals surface area contributed by atoms with Crippen LogP contribution in [0, 0.1) is 0 Å². The number of rotatable bonds is 7. The predicted octanol–water partition coefficient (Wildman–Crippen LogP) is 3.69. The molecule has 8 heteroatoms. The van der Waals surface area contributed by atoms with Crippen LogP contribution in [-0.4, -0.2) is 38.6 Å². The van der Waals surface area contributed by atoms with Gasteiger partial charge in [0.2, 0.25) is 0 Å². The fraction of sp³-hybridized carbons (Fsp3) is 0.333.